The van der Waals surface area contributed by atoms with Gasteiger partial charge in [-0.2, -0.15) is 0 Å². The number of hydrogen-bond acceptors (Lipinski definition) is 3. The number of cyclic esters (lactones) is 1. The molecule has 2 atom stereocenters. The first-order valence-corrected chi connectivity index (χ1v) is 12.3. The molecule has 0 unspecified atom stereocenters. The van der Waals surface area contributed by atoms with E-state index in [4.69, 9.17) is 4.74 Å². The van der Waals surface area contributed by atoms with Gasteiger partial charge in [0.25, 0.3) is 0 Å². The lowest BCUT2D eigenvalue weighted by Gasteiger charge is -2.23. The summed E-state index contributed by atoms with van der Waals surface area (Å²) in [7, 11) is 1.92. The van der Waals surface area contributed by atoms with Crippen molar-refractivity contribution in [1.29, 1.82) is 0 Å². The number of rotatable bonds is 7. The molecule has 0 spiro atoms. The number of nitrogens with one attached hydrogen (secondary N) is 1. The van der Waals surface area contributed by atoms with E-state index in [0.29, 0.717) is 12.1 Å². The van der Waals surface area contributed by atoms with Crippen molar-refractivity contribution in [3.05, 3.63) is 93.8 Å². The summed E-state index contributed by atoms with van der Waals surface area (Å²) in [5, 5.41) is 3.17. The maximum absolute atomic E-state index is 14.6. The van der Waals surface area contributed by atoms with Crippen molar-refractivity contribution in [2.45, 2.75) is 65.8 Å². The smallest absolute Gasteiger partial charge is 0.411 e. The van der Waals surface area contributed by atoms with Gasteiger partial charge in [-0.1, -0.05) is 61.9 Å². The molecule has 1 fully saturated rings. The van der Waals surface area contributed by atoms with Crippen LogP contribution in [0, 0.1) is 19.7 Å². The average Bonchev–Trinajstić information content (AvgIpc) is 3.08. The molecule has 3 aromatic carbocycles. The molecule has 1 amide bonds. The molecular formula is C30H35FN2O2. The van der Waals surface area contributed by atoms with Crippen LogP contribution in [0.2, 0.25) is 0 Å². The van der Waals surface area contributed by atoms with Crippen molar-refractivity contribution >= 4 is 6.09 Å². The molecule has 0 aromatic heterocycles. The van der Waals surface area contributed by atoms with E-state index < -0.39 is 0 Å². The van der Waals surface area contributed by atoms with E-state index in [1.54, 1.807) is 11.0 Å². The molecule has 35 heavy (non-hydrogen) atoms. The zero-order valence-electron chi connectivity index (χ0n) is 21.5. The van der Waals surface area contributed by atoms with Gasteiger partial charge < -0.3 is 10.1 Å². The highest BCUT2D eigenvalue weighted by molar-refractivity contribution is 5.74. The second-order valence-corrected chi connectivity index (χ2v) is 9.95. The molecule has 3 aromatic rings. The van der Waals surface area contributed by atoms with Crippen LogP contribution in [0.5, 0.6) is 0 Å². The molecule has 184 valence electrons. The van der Waals surface area contributed by atoms with Gasteiger partial charge >= 0.3 is 6.09 Å². The minimum Gasteiger partial charge on any atom is -0.439 e. The van der Waals surface area contributed by atoms with Crippen molar-refractivity contribution in [3.63, 3.8) is 0 Å². The van der Waals surface area contributed by atoms with E-state index in [0.717, 1.165) is 45.5 Å². The Labute approximate surface area is 208 Å². The Morgan fingerprint density at radius 2 is 1.83 bits per heavy atom. The van der Waals surface area contributed by atoms with Crippen molar-refractivity contribution < 1.29 is 13.9 Å². The van der Waals surface area contributed by atoms with Gasteiger partial charge in [0.1, 0.15) is 11.9 Å². The molecule has 0 aliphatic carbocycles. The van der Waals surface area contributed by atoms with E-state index in [2.05, 4.69) is 35.6 Å². The molecule has 4 rings (SSSR count). The van der Waals surface area contributed by atoms with Crippen molar-refractivity contribution in [1.82, 2.24) is 10.2 Å². The van der Waals surface area contributed by atoms with Crippen molar-refractivity contribution in [3.8, 4) is 11.1 Å². The number of hydrogen-bond donors (Lipinski definition) is 1. The Morgan fingerprint density at radius 3 is 2.54 bits per heavy atom. The highest BCUT2D eigenvalue weighted by Crippen LogP contribution is 2.37. The summed E-state index contributed by atoms with van der Waals surface area (Å²) < 4.78 is 20.5. The van der Waals surface area contributed by atoms with Gasteiger partial charge in [0.15, 0.2) is 0 Å². The van der Waals surface area contributed by atoms with Gasteiger partial charge in [-0.25, -0.2) is 9.18 Å². The number of carbonyl (C=O) groups excluding carboxylic acids is 1. The van der Waals surface area contributed by atoms with Crippen LogP contribution >= 0.6 is 0 Å². The zero-order chi connectivity index (χ0) is 25.3. The minimum absolute atomic E-state index is 0.0799. The van der Waals surface area contributed by atoms with Crippen LogP contribution in [0.15, 0.2) is 54.6 Å². The fraction of sp³-hybridized carbons (Fsp3) is 0.367. The summed E-state index contributed by atoms with van der Waals surface area (Å²) in [5.74, 6) is -0.0914. The van der Waals surface area contributed by atoms with E-state index in [1.165, 1.54) is 0 Å². The fourth-order valence-corrected chi connectivity index (χ4v) is 4.97. The minimum atomic E-state index is -0.326. The van der Waals surface area contributed by atoms with E-state index in [-0.39, 0.29) is 30.0 Å². The van der Waals surface area contributed by atoms with Crippen LogP contribution in [0.3, 0.4) is 0 Å². The largest absolute Gasteiger partial charge is 0.439 e. The number of amides is 1. The molecule has 1 aliphatic rings. The van der Waals surface area contributed by atoms with Crippen LogP contribution in [0.1, 0.15) is 66.2 Å². The topological polar surface area (TPSA) is 41.6 Å². The molecule has 0 radical (unpaired) electrons. The Morgan fingerprint density at radius 1 is 1.06 bits per heavy atom. The summed E-state index contributed by atoms with van der Waals surface area (Å²) in [4.78, 5) is 14.8. The monoisotopic (exact) mass is 474 g/mol. The van der Waals surface area contributed by atoms with Gasteiger partial charge in [-0.3, -0.25) is 4.90 Å². The molecule has 0 bridgehead atoms. The molecule has 1 heterocycles. The SMILES string of the molecule is CNCc1cccc([C@H]2OC(=O)N(Cc3cc(C)ccc3-c3cc(C(C)C)c(F)cc3C)[C@H]2C)c1. The first-order valence-electron chi connectivity index (χ1n) is 12.3. The quantitative estimate of drug-likeness (QED) is 0.399. The maximum atomic E-state index is 14.6. The van der Waals surface area contributed by atoms with Gasteiger partial charge in [0.2, 0.25) is 0 Å². The maximum Gasteiger partial charge on any atom is 0.411 e. The van der Waals surface area contributed by atoms with Crippen LogP contribution in [-0.2, 0) is 17.8 Å². The Hall–Kier alpha value is -3.18. The highest BCUT2D eigenvalue weighted by atomic mass is 19.1. The van der Waals surface area contributed by atoms with Crippen LogP contribution in [0.4, 0.5) is 9.18 Å². The van der Waals surface area contributed by atoms with Crippen LogP contribution in [-0.4, -0.2) is 24.1 Å². The number of nitrogens with zero attached hydrogens (tertiary/aromatic N) is 1. The number of carbonyl (C=O) groups is 1. The Bertz CT molecular complexity index is 1240. The number of benzene rings is 3. The van der Waals surface area contributed by atoms with Crippen LogP contribution in [0.25, 0.3) is 11.1 Å². The molecule has 0 saturated carbocycles. The third-order valence-electron chi connectivity index (χ3n) is 6.91. The molecular weight excluding hydrogens is 439 g/mol. The standard InChI is InChI=1S/C30H35FN2O2/c1-18(2)26-15-27(20(4)13-28(26)31)25-11-10-19(3)12-24(25)17-33-21(5)29(35-30(33)34)23-9-7-8-22(14-23)16-32-6/h7-15,18,21,29,32H,16-17H2,1-6H3/t21-,29-/m0/s1. The molecule has 1 saturated heterocycles. The molecule has 1 aliphatic heterocycles. The summed E-state index contributed by atoms with van der Waals surface area (Å²) in [6.07, 6.45) is -0.639. The van der Waals surface area contributed by atoms with Gasteiger partial charge in [-0.05, 0) is 84.8 Å². The summed E-state index contributed by atoms with van der Waals surface area (Å²) >= 11 is 0. The zero-order valence-corrected chi connectivity index (χ0v) is 21.5. The van der Waals surface area contributed by atoms with Gasteiger partial charge in [0, 0.05) is 6.54 Å². The molecule has 5 heteroatoms. The number of aryl methyl sites for hydroxylation is 2. The Kier molecular flexibility index (Phi) is 7.27. The third-order valence-corrected chi connectivity index (χ3v) is 6.91. The van der Waals surface area contributed by atoms with Crippen molar-refractivity contribution in [2.24, 2.45) is 0 Å². The molecule has 1 N–H and O–H groups in total. The predicted molar refractivity (Wildman–Crippen MR) is 139 cm³/mol. The lowest BCUT2D eigenvalue weighted by atomic mass is 9.90. The van der Waals surface area contributed by atoms with E-state index in [9.17, 15) is 9.18 Å². The third kappa shape index (κ3) is 5.10. The Balaban J connectivity index is 1.68. The average molecular weight is 475 g/mol. The van der Waals surface area contributed by atoms with Gasteiger partial charge in [0.05, 0.1) is 12.6 Å². The van der Waals surface area contributed by atoms with E-state index in [1.807, 2.05) is 59.9 Å². The lowest BCUT2D eigenvalue weighted by molar-refractivity contribution is 0.130. The van der Waals surface area contributed by atoms with Gasteiger partial charge in [-0.15, -0.1) is 0 Å². The first kappa shape index (κ1) is 24.9. The first-order chi connectivity index (χ1) is 16.7. The van der Waals surface area contributed by atoms with Crippen molar-refractivity contribution in [2.75, 3.05) is 7.05 Å². The lowest BCUT2D eigenvalue weighted by Crippen LogP contribution is -2.31. The predicted octanol–water partition coefficient (Wildman–Crippen LogP) is 7.03. The number of ether oxygens (including phenoxy) is 1. The summed E-state index contributed by atoms with van der Waals surface area (Å²) in [5.41, 5.74) is 7.91. The molecule has 4 nitrogen and oxygen atoms in total. The van der Waals surface area contributed by atoms with E-state index >= 15 is 0 Å². The summed E-state index contributed by atoms with van der Waals surface area (Å²) in [6, 6.07) is 17.9. The van der Waals surface area contributed by atoms with Crippen LogP contribution < -0.4 is 5.32 Å². The highest BCUT2D eigenvalue weighted by Gasteiger charge is 2.40. The second kappa shape index (κ2) is 10.2. The fourth-order valence-electron chi connectivity index (χ4n) is 4.97. The number of halogens is 1. The normalized spacial score (nSPS) is 17.8. The summed E-state index contributed by atoms with van der Waals surface area (Å²) in [6.45, 7) is 11.2. The second-order valence-electron chi connectivity index (χ2n) is 9.95.